The van der Waals surface area contributed by atoms with Gasteiger partial charge in [0.15, 0.2) is 5.82 Å². The van der Waals surface area contributed by atoms with Crippen molar-refractivity contribution in [3.63, 3.8) is 0 Å². The van der Waals surface area contributed by atoms with E-state index in [4.69, 9.17) is 19.9 Å². The van der Waals surface area contributed by atoms with Crippen LogP contribution in [0.5, 0.6) is 0 Å². The molecule has 0 radical (unpaired) electrons. The van der Waals surface area contributed by atoms with Crippen molar-refractivity contribution < 1.29 is 33.4 Å². The largest absolute Gasteiger partial charge is 0.502 e. The standard InChI is InChI=1S/C48H24N4O4.C38H2N2O2.C5H11NO.CH4/c1-4-7-8-9-10-11-12-13-14-15-16-17-18-19-20-21-22-23-24-25-26-27-28-29-30-31-32-33-34-35-36-37-38-41-46(51-47(53)49-42-39-44-55-5-2)52-48(54)50-43-40-45-56-6-3;1-2-3-4-5-6-7-8-9-10-11-12-13-14-15-16-17-18-19-20-21-22-23-24-25-26-27-28-29-30-31-32-33-34-35-38(39-36-41)40-37-42;1-2-7-5-3-4-6;/h5-6H,1-3,39-40,42-45H2,(H2,49,51,53)(H2,50,52,54);1H2;2H,1,3-6H2;1H4. The lowest BCUT2D eigenvalue weighted by Crippen LogP contribution is -2.44. The Balaban J connectivity index is -0.000000919. The molecule has 0 aliphatic carbocycles. The number of carbonyl (C=O) groups excluding carboxylic acids is 4. The monoisotopic (exact) mass is 1360 g/mol. The number of nitrogens with zero attached hydrogens (tertiary/aromatic N) is 2. The summed E-state index contributed by atoms with van der Waals surface area (Å²) in [6, 6.07) is -1.17. The van der Waals surface area contributed by atoms with Crippen molar-refractivity contribution in [1.29, 1.82) is 0 Å². The number of amides is 4. The Bertz CT molecular complexity index is 6450. The zero-order valence-electron chi connectivity index (χ0n) is 55.0. The molecule has 14 heteroatoms. The van der Waals surface area contributed by atoms with Gasteiger partial charge in [0.1, 0.15) is 0 Å². The highest BCUT2D eigenvalue weighted by atomic mass is 16.5. The lowest BCUT2D eigenvalue weighted by Gasteiger charge is -2.11. The second-order valence-corrected chi connectivity index (χ2v) is 14.4. The highest BCUT2D eigenvalue weighted by Gasteiger charge is 2.07. The van der Waals surface area contributed by atoms with Crippen molar-refractivity contribution in [2.75, 3.05) is 39.5 Å². The Kier molecular flexibility index (Phi) is 76.6. The highest BCUT2D eigenvalue weighted by Crippen LogP contribution is 1.91. The SMILES string of the molecule is C.C=C=C=C=C=C=C=C=C=C=C=C=C=C=C=C=C=C=C=C=C=C=C=C=C=C=C=C=C=C=C=C=C=C=C=C(N=C=O)N=C=O.C=C=C=C=C=C=C=C=C=C=C=C=C=C=C=C=C=C=C=C=C=C=C=C=C=C=C=C=C=C=C=C=C=C=C=C(NC(=O)NCCCOC=C)NC(=O)NCCCOC=C.C=COCCCN. The molecule has 6 N–H and O–H groups in total. The molecule has 0 saturated heterocycles. The summed E-state index contributed by atoms with van der Waals surface area (Å²) in [6.07, 6.45) is 8.42. The minimum atomic E-state index is -0.587. The van der Waals surface area contributed by atoms with Crippen molar-refractivity contribution in [3.05, 3.63) is 453 Å². The van der Waals surface area contributed by atoms with Gasteiger partial charge in [-0.1, -0.05) is 38.6 Å². The van der Waals surface area contributed by atoms with Crippen molar-refractivity contribution in [3.8, 4) is 0 Å². The smallest absolute Gasteiger partial charge is 0.320 e. The first-order valence-electron chi connectivity index (χ1n) is 27.8. The molecule has 0 aliphatic rings. The average Bonchev–Trinajstić information content (AvgIpc) is 0.953. The molecule has 14 nitrogen and oxygen atoms in total. The molecular formula is C92H41N7O7. The number of nitrogens with one attached hydrogen (secondary N) is 4. The number of urea groups is 2. The maximum Gasteiger partial charge on any atom is 0.320 e. The molecule has 0 saturated carbocycles. The molecule has 486 valence electrons. The summed E-state index contributed by atoms with van der Waals surface area (Å²) < 4.78 is 14.7. The van der Waals surface area contributed by atoms with E-state index in [0.717, 1.165) is 6.42 Å². The predicted octanol–water partition coefficient (Wildman–Crippen LogP) is 13.0. The van der Waals surface area contributed by atoms with E-state index in [1.807, 2.05) is 0 Å². The van der Waals surface area contributed by atoms with Crippen molar-refractivity contribution in [1.82, 2.24) is 21.3 Å². The molecule has 0 unspecified atom stereocenters. The number of hydrogen-bond acceptors (Lipinski definition) is 10. The van der Waals surface area contributed by atoms with Gasteiger partial charge in [0.25, 0.3) is 0 Å². The summed E-state index contributed by atoms with van der Waals surface area (Å²) in [5, 5.41) is 10.1. The minimum absolute atomic E-state index is 0. The molecule has 0 aromatic rings. The molecule has 4 amide bonds. The Morgan fingerprint density at radius 3 is 0.679 bits per heavy atom. The Morgan fingerprint density at radius 2 is 0.491 bits per heavy atom. The number of rotatable bonds is 18. The van der Waals surface area contributed by atoms with E-state index in [-0.39, 0.29) is 19.1 Å². The molecule has 0 spiro atoms. The van der Waals surface area contributed by atoms with Crippen LogP contribution in [0.3, 0.4) is 0 Å². The van der Waals surface area contributed by atoms with Gasteiger partial charge in [-0.25, -0.2) is 19.2 Å². The summed E-state index contributed by atoms with van der Waals surface area (Å²) in [7, 11) is 0. The van der Waals surface area contributed by atoms with Crippen LogP contribution in [0, 0.1) is 0 Å². The second-order valence-electron chi connectivity index (χ2n) is 14.4. The van der Waals surface area contributed by atoms with E-state index in [0.29, 0.717) is 52.3 Å². The average molecular weight is 1360 g/mol. The van der Waals surface area contributed by atoms with Crippen LogP contribution in [0.15, 0.2) is 463 Å². The first-order chi connectivity index (χ1) is 51.9. The summed E-state index contributed by atoms with van der Waals surface area (Å²) in [5.74, 6) is -0.465. The van der Waals surface area contributed by atoms with Crippen molar-refractivity contribution >= 4 is 24.2 Å². The van der Waals surface area contributed by atoms with Gasteiger partial charge >= 0.3 is 12.1 Å². The molecule has 0 bridgehead atoms. The second kappa shape index (κ2) is 87.5. The zero-order chi connectivity index (χ0) is 76.7. The first-order valence-corrected chi connectivity index (χ1v) is 27.8. The van der Waals surface area contributed by atoms with Crippen LogP contribution < -0.4 is 27.0 Å². The van der Waals surface area contributed by atoms with E-state index in [1.165, 1.54) is 30.9 Å². The van der Waals surface area contributed by atoms with Crippen LogP contribution in [0.25, 0.3) is 0 Å². The molecular weight excluding hydrogens is 1320 g/mol. The van der Waals surface area contributed by atoms with Crippen LogP contribution in [0.1, 0.15) is 26.7 Å². The van der Waals surface area contributed by atoms with Gasteiger partial charge < -0.3 is 30.6 Å². The van der Waals surface area contributed by atoms with Crippen LogP contribution in [-0.4, -0.2) is 63.7 Å². The van der Waals surface area contributed by atoms with Gasteiger partial charge in [-0.05, 0) is 234 Å². The van der Waals surface area contributed by atoms with Crippen LogP contribution in [0.2, 0.25) is 0 Å². The molecule has 0 fully saturated rings. The minimum Gasteiger partial charge on any atom is -0.502 e. The number of ether oxygens (including phenoxy) is 3. The third kappa shape index (κ3) is 86.5. The lowest BCUT2D eigenvalue weighted by atomic mass is 10.4. The maximum absolute atomic E-state index is 12.2. The summed E-state index contributed by atoms with van der Waals surface area (Å²) >= 11 is 0. The van der Waals surface area contributed by atoms with Gasteiger partial charge in [0.05, 0.1) is 38.6 Å². The molecule has 0 aliphatic heterocycles. The fraction of sp³-hybridized carbons (Fsp3) is 0.109. The van der Waals surface area contributed by atoms with Crippen molar-refractivity contribution in [2.24, 2.45) is 15.7 Å². The lowest BCUT2D eigenvalue weighted by molar-refractivity contribution is 0.231. The van der Waals surface area contributed by atoms with Crippen LogP contribution in [-0.2, 0) is 23.8 Å². The van der Waals surface area contributed by atoms with Gasteiger partial charge in [-0.2, -0.15) is 0 Å². The number of carbonyl (C=O) groups is 2. The molecule has 0 rings (SSSR count). The topological polar surface area (TPSA) is 195 Å². The van der Waals surface area contributed by atoms with Crippen molar-refractivity contribution in [2.45, 2.75) is 26.7 Å². The molecule has 0 aromatic heterocycles. The fourth-order valence-electron chi connectivity index (χ4n) is 3.85. The van der Waals surface area contributed by atoms with Gasteiger partial charge in [-0.3, -0.25) is 10.6 Å². The third-order valence-electron chi connectivity index (χ3n) is 7.46. The van der Waals surface area contributed by atoms with Gasteiger partial charge in [0, 0.05) is 196 Å². The van der Waals surface area contributed by atoms with Crippen LogP contribution in [0.4, 0.5) is 9.59 Å². The maximum atomic E-state index is 12.2. The Morgan fingerprint density at radius 1 is 0.302 bits per heavy atom. The molecule has 0 atom stereocenters. The van der Waals surface area contributed by atoms with Crippen LogP contribution >= 0.6 is 0 Å². The Hall–Kier alpha value is -19.6. The number of aliphatic imine (C=N–C) groups is 2. The first kappa shape index (κ1) is 92.8. The highest BCUT2D eigenvalue weighted by molar-refractivity contribution is 5.79. The number of isocyanates is 2. The summed E-state index contributed by atoms with van der Waals surface area (Å²) in [6.45, 7) is 19.7. The van der Waals surface area contributed by atoms with E-state index in [2.05, 4.69) is 454 Å². The summed E-state index contributed by atoms with van der Waals surface area (Å²) in [4.78, 5) is 50.6. The molecule has 0 heterocycles. The van der Waals surface area contributed by atoms with E-state index < -0.39 is 12.1 Å². The third-order valence-corrected chi connectivity index (χ3v) is 7.46. The molecule has 106 heavy (non-hydrogen) atoms. The normalized spacial score (nSPS) is 5.44. The van der Waals surface area contributed by atoms with E-state index in [9.17, 15) is 19.2 Å². The van der Waals surface area contributed by atoms with Gasteiger partial charge in [0.2, 0.25) is 18.0 Å². The number of hydrogen-bond donors (Lipinski definition) is 5. The molecule has 0 aromatic carbocycles. The predicted molar refractivity (Wildman–Crippen MR) is 385 cm³/mol. The quantitative estimate of drug-likeness (QED) is 0.0294. The Labute approximate surface area is 610 Å². The summed E-state index contributed by atoms with van der Waals surface area (Å²) in [5.41, 5.74) is 173. The van der Waals surface area contributed by atoms with E-state index >= 15 is 0 Å². The number of nitrogens with two attached hydrogens (primary N) is 1. The van der Waals surface area contributed by atoms with Gasteiger partial charge in [-0.15, -0.1) is 9.98 Å². The fourth-order valence-corrected chi connectivity index (χ4v) is 3.85. The van der Waals surface area contributed by atoms with E-state index in [1.54, 1.807) is 0 Å². The zero-order valence-corrected chi connectivity index (χ0v) is 55.0.